The van der Waals surface area contributed by atoms with Gasteiger partial charge in [0.2, 0.25) is 0 Å². The second-order valence-corrected chi connectivity index (χ2v) is 5.78. The lowest BCUT2D eigenvalue weighted by atomic mass is 10.2. The number of hydrogen-bond acceptors (Lipinski definition) is 3. The monoisotopic (exact) mass is 293 g/mol. The summed E-state index contributed by atoms with van der Waals surface area (Å²) >= 11 is 1.50. The first-order chi connectivity index (χ1) is 10.3. The molecule has 4 aromatic rings. The van der Waals surface area contributed by atoms with Crippen molar-refractivity contribution in [2.24, 2.45) is 0 Å². The van der Waals surface area contributed by atoms with Crippen LogP contribution in [0.15, 0.2) is 54.9 Å². The lowest BCUT2D eigenvalue weighted by Crippen LogP contribution is -2.10. The first-order valence-electron chi connectivity index (χ1n) is 6.53. The molecule has 0 atom stereocenters. The summed E-state index contributed by atoms with van der Waals surface area (Å²) in [6.45, 7) is 0. The van der Waals surface area contributed by atoms with Crippen molar-refractivity contribution in [1.29, 1.82) is 0 Å². The molecule has 0 aliphatic rings. The minimum absolute atomic E-state index is 0.0927. The van der Waals surface area contributed by atoms with Gasteiger partial charge in [0.1, 0.15) is 5.65 Å². The van der Waals surface area contributed by atoms with Crippen LogP contribution in [0.4, 0.5) is 5.69 Å². The SMILES string of the molecule is O=C(Nc1ccnc2[nH]ccc12)c1cc2ccccc2s1. The molecule has 5 heteroatoms. The third-order valence-corrected chi connectivity index (χ3v) is 4.47. The predicted octanol–water partition coefficient (Wildman–Crippen LogP) is 4.03. The van der Waals surface area contributed by atoms with E-state index < -0.39 is 0 Å². The van der Waals surface area contributed by atoms with E-state index in [2.05, 4.69) is 15.3 Å². The number of nitrogens with one attached hydrogen (secondary N) is 2. The first kappa shape index (κ1) is 12.1. The molecule has 0 spiro atoms. The molecule has 0 aliphatic heterocycles. The second-order valence-electron chi connectivity index (χ2n) is 4.70. The number of nitrogens with zero attached hydrogens (tertiary/aromatic N) is 1. The Balaban J connectivity index is 1.70. The fourth-order valence-corrected chi connectivity index (χ4v) is 3.31. The Bertz CT molecular complexity index is 921. The molecule has 4 nitrogen and oxygen atoms in total. The zero-order valence-corrected chi connectivity index (χ0v) is 11.8. The molecule has 21 heavy (non-hydrogen) atoms. The van der Waals surface area contributed by atoms with E-state index in [1.807, 2.05) is 42.6 Å². The van der Waals surface area contributed by atoms with Crippen LogP contribution in [0, 0.1) is 0 Å². The summed E-state index contributed by atoms with van der Waals surface area (Å²) in [6, 6.07) is 13.6. The van der Waals surface area contributed by atoms with Crippen molar-refractivity contribution in [3.63, 3.8) is 0 Å². The Labute approximate surface area is 124 Å². The second kappa shape index (κ2) is 4.71. The quantitative estimate of drug-likeness (QED) is 0.586. The van der Waals surface area contributed by atoms with Crippen LogP contribution in [0.1, 0.15) is 9.67 Å². The smallest absolute Gasteiger partial charge is 0.265 e. The molecule has 3 heterocycles. The summed E-state index contributed by atoms with van der Waals surface area (Å²) in [6.07, 6.45) is 3.49. The van der Waals surface area contributed by atoms with Crippen molar-refractivity contribution < 1.29 is 4.79 Å². The number of carbonyl (C=O) groups is 1. The minimum Gasteiger partial charge on any atom is -0.346 e. The number of hydrogen-bond donors (Lipinski definition) is 2. The van der Waals surface area contributed by atoms with E-state index in [1.54, 1.807) is 12.3 Å². The number of H-pyrrole nitrogens is 1. The molecule has 102 valence electrons. The van der Waals surface area contributed by atoms with Crippen molar-refractivity contribution in [1.82, 2.24) is 9.97 Å². The fraction of sp³-hybridized carbons (Fsp3) is 0. The van der Waals surface area contributed by atoms with E-state index in [-0.39, 0.29) is 5.91 Å². The number of aromatic nitrogens is 2. The lowest BCUT2D eigenvalue weighted by molar-refractivity contribution is 0.103. The average molecular weight is 293 g/mol. The van der Waals surface area contributed by atoms with Gasteiger partial charge in [-0.1, -0.05) is 18.2 Å². The van der Waals surface area contributed by atoms with Crippen molar-refractivity contribution in [3.05, 3.63) is 59.7 Å². The molecular weight excluding hydrogens is 282 g/mol. The van der Waals surface area contributed by atoms with Crippen molar-refractivity contribution in [2.75, 3.05) is 5.32 Å². The number of anilines is 1. The summed E-state index contributed by atoms with van der Waals surface area (Å²) in [5.41, 5.74) is 1.54. The molecule has 1 aromatic carbocycles. The number of benzene rings is 1. The minimum atomic E-state index is -0.0927. The molecule has 0 unspecified atom stereocenters. The normalized spacial score (nSPS) is 11.0. The molecular formula is C16H11N3OS. The van der Waals surface area contributed by atoms with Gasteiger partial charge in [0.25, 0.3) is 5.91 Å². The van der Waals surface area contributed by atoms with Gasteiger partial charge in [0.15, 0.2) is 0 Å². The molecule has 3 aromatic heterocycles. The third-order valence-electron chi connectivity index (χ3n) is 3.36. The van der Waals surface area contributed by atoms with E-state index in [0.29, 0.717) is 4.88 Å². The number of aromatic amines is 1. The molecule has 0 radical (unpaired) electrons. The zero-order valence-electron chi connectivity index (χ0n) is 11.0. The molecule has 0 saturated carbocycles. The van der Waals surface area contributed by atoms with Crippen LogP contribution in [-0.2, 0) is 0 Å². The van der Waals surface area contributed by atoms with Gasteiger partial charge in [-0.05, 0) is 29.7 Å². The summed E-state index contributed by atoms with van der Waals surface area (Å²) < 4.78 is 1.11. The summed E-state index contributed by atoms with van der Waals surface area (Å²) in [4.78, 5) is 20.4. The summed E-state index contributed by atoms with van der Waals surface area (Å²) in [5.74, 6) is -0.0927. The Morgan fingerprint density at radius 2 is 2.10 bits per heavy atom. The van der Waals surface area contributed by atoms with E-state index in [1.165, 1.54) is 11.3 Å². The Morgan fingerprint density at radius 1 is 1.19 bits per heavy atom. The highest BCUT2D eigenvalue weighted by Crippen LogP contribution is 2.27. The standard InChI is InChI=1S/C16H11N3OS/c20-16(14-9-10-3-1-2-4-13(10)21-14)19-12-6-8-18-15-11(12)5-7-17-15/h1-9H,(H2,17,18,19,20). The van der Waals surface area contributed by atoms with Crippen LogP contribution < -0.4 is 5.32 Å². The van der Waals surface area contributed by atoms with E-state index in [4.69, 9.17) is 0 Å². The highest BCUT2D eigenvalue weighted by molar-refractivity contribution is 7.20. The molecule has 0 fully saturated rings. The molecule has 4 rings (SSSR count). The van der Waals surface area contributed by atoms with Crippen LogP contribution in [-0.4, -0.2) is 15.9 Å². The largest absolute Gasteiger partial charge is 0.346 e. The van der Waals surface area contributed by atoms with Crippen molar-refractivity contribution in [3.8, 4) is 0 Å². The van der Waals surface area contributed by atoms with Crippen molar-refractivity contribution >= 4 is 44.1 Å². The predicted molar refractivity (Wildman–Crippen MR) is 85.9 cm³/mol. The Morgan fingerprint density at radius 3 is 3.00 bits per heavy atom. The summed E-state index contributed by atoms with van der Waals surface area (Å²) in [5, 5.41) is 4.96. The number of pyridine rings is 1. The van der Waals surface area contributed by atoms with Crippen LogP contribution in [0.25, 0.3) is 21.1 Å². The number of fused-ring (bicyclic) bond motifs is 2. The van der Waals surface area contributed by atoms with Crippen LogP contribution in [0.5, 0.6) is 0 Å². The number of thiophene rings is 1. The lowest BCUT2D eigenvalue weighted by Gasteiger charge is -2.04. The maximum Gasteiger partial charge on any atom is 0.265 e. The van der Waals surface area contributed by atoms with Gasteiger partial charge >= 0.3 is 0 Å². The van der Waals surface area contributed by atoms with Gasteiger partial charge in [-0.25, -0.2) is 4.98 Å². The third kappa shape index (κ3) is 2.08. The highest BCUT2D eigenvalue weighted by atomic mass is 32.1. The van der Waals surface area contributed by atoms with Gasteiger partial charge in [-0.15, -0.1) is 11.3 Å². The molecule has 2 N–H and O–H groups in total. The Hall–Kier alpha value is -2.66. The first-order valence-corrected chi connectivity index (χ1v) is 7.35. The number of rotatable bonds is 2. The van der Waals surface area contributed by atoms with Gasteiger partial charge in [0.05, 0.1) is 10.6 Å². The van der Waals surface area contributed by atoms with E-state index in [9.17, 15) is 4.79 Å². The number of carbonyl (C=O) groups excluding carboxylic acids is 1. The van der Waals surface area contributed by atoms with E-state index in [0.717, 1.165) is 26.8 Å². The molecule has 0 bridgehead atoms. The maximum atomic E-state index is 12.4. The van der Waals surface area contributed by atoms with E-state index >= 15 is 0 Å². The van der Waals surface area contributed by atoms with Gasteiger partial charge in [-0.2, -0.15) is 0 Å². The molecule has 0 aliphatic carbocycles. The van der Waals surface area contributed by atoms with Crippen molar-refractivity contribution in [2.45, 2.75) is 0 Å². The van der Waals surface area contributed by atoms with Gasteiger partial charge in [-0.3, -0.25) is 4.79 Å². The van der Waals surface area contributed by atoms with Crippen LogP contribution in [0.3, 0.4) is 0 Å². The topological polar surface area (TPSA) is 57.8 Å². The maximum absolute atomic E-state index is 12.4. The highest BCUT2D eigenvalue weighted by Gasteiger charge is 2.12. The van der Waals surface area contributed by atoms with Crippen LogP contribution in [0.2, 0.25) is 0 Å². The van der Waals surface area contributed by atoms with Crippen LogP contribution >= 0.6 is 11.3 Å². The van der Waals surface area contributed by atoms with Gasteiger partial charge < -0.3 is 10.3 Å². The molecule has 0 saturated heterocycles. The zero-order chi connectivity index (χ0) is 14.2. The van der Waals surface area contributed by atoms with Gasteiger partial charge in [0, 0.05) is 22.5 Å². The number of amides is 1. The fourth-order valence-electron chi connectivity index (χ4n) is 2.35. The average Bonchev–Trinajstić information content (AvgIpc) is 3.14. The Kier molecular flexibility index (Phi) is 2.72. The summed E-state index contributed by atoms with van der Waals surface area (Å²) in [7, 11) is 0. The molecule has 1 amide bonds.